The Kier molecular flexibility index (Phi) is 5.29. The molecular weight excluding hydrogens is 350 g/mol. The first-order chi connectivity index (χ1) is 12.4. The Balaban J connectivity index is 1.85. The fourth-order valence-corrected chi connectivity index (χ4v) is 4.81. The first-order valence-corrected chi connectivity index (χ1v) is 10.1. The summed E-state index contributed by atoms with van der Waals surface area (Å²) in [6, 6.07) is 11.5. The molecular formula is C19H23N3O3S. The van der Waals surface area contributed by atoms with Gasteiger partial charge in [-0.3, -0.25) is 4.79 Å². The molecule has 1 saturated heterocycles. The molecule has 26 heavy (non-hydrogen) atoms. The highest BCUT2D eigenvalue weighted by Gasteiger charge is 2.27. The summed E-state index contributed by atoms with van der Waals surface area (Å²) in [5, 5.41) is 2.76. The van der Waals surface area contributed by atoms with Crippen LogP contribution in [0.15, 0.2) is 47.4 Å². The molecule has 0 radical (unpaired) electrons. The summed E-state index contributed by atoms with van der Waals surface area (Å²) in [4.78, 5) is 12.6. The van der Waals surface area contributed by atoms with Crippen molar-refractivity contribution in [2.45, 2.75) is 31.1 Å². The van der Waals surface area contributed by atoms with Crippen LogP contribution in [0.3, 0.4) is 0 Å². The fraction of sp³-hybridized carbons (Fsp3) is 0.316. The number of sulfonamides is 1. The lowest BCUT2D eigenvalue weighted by Crippen LogP contribution is -2.36. The number of carbonyl (C=O) groups is 1. The third-order valence-electron chi connectivity index (χ3n) is 4.55. The highest BCUT2D eigenvalue weighted by molar-refractivity contribution is 7.89. The Bertz CT molecular complexity index is 902. The summed E-state index contributed by atoms with van der Waals surface area (Å²) in [6.45, 7) is 2.86. The Morgan fingerprint density at radius 3 is 2.35 bits per heavy atom. The van der Waals surface area contributed by atoms with Gasteiger partial charge in [0.25, 0.3) is 5.91 Å². The zero-order valence-corrected chi connectivity index (χ0v) is 15.6. The molecule has 0 aromatic heterocycles. The number of hydrogen-bond donors (Lipinski definition) is 2. The Morgan fingerprint density at radius 2 is 1.69 bits per heavy atom. The molecule has 3 N–H and O–H groups in total. The van der Waals surface area contributed by atoms with Gasteiger partial charge in [0.1, 0.15) is 0 Å². The predicted octanol–water partition coefficient (Wildman–Crippen LogP) is 3.00. The molecule has 1 aliphatic rings. The number of anilines is 2. The number of nitrogen functional groups attached to an aromatic ring is 1. The van der Waals surface area contributed by atoms with Gasteiger partial charge in [-0.2, -0.15) is 4.31 Å². The van der Waals surface area contributed by atoms with Gasteiger partial charge in [0.2, 0.25) is 10.0 Å². The first-order valence-electron chi connectivity index (χ1n) is 8.65. The summed E-state index contributed by atoms with van der Waals surface area (Å²) < 4.78 is 27.4. The molecule has 1 aliphatic heterocycles. The van der Waals surface area contributed by atoms with Crippen molar-refractivity contribution in [3.05, 3.63) is 53.6 Å². The molecule has 0 atom stereocenters. The van der Waals surface area contributed by atoms with E-state index in [4.69, 9.17) is 5.73 Å². The smallest absolute Gasteiger partial charge is 0.255 e. The standard InChI is InChI=1S/C19H23N3O3S/c1-14-5-10-17(21-19(23)15-6-8-16(20)9-7-15)13-18(14)26(24,25)22-11-3-2-4-12-22/h5-10,13H,2-4,11-12,20H2,1H3,(H,21,23). The molecule has 2 aromatic carbocycles. The van der Waals surface area contributed by atoms with Gasteiger partial charge in [-0.1, -0.05) is 12.5 Å². The van der Waals surface area contributed by atoms with Crippen molar-refractivity contribution in [3.63, 3.8) is 0 Å². The zero-order valence-electron chi connectivity index (χ0n) is 14.7. The molecule has 1 fully saturated rings. The number of nitrogens with one attached hydrogen (secondary N) is 1. The zero-order chi connectivity index (χ0) is 18.7. The minimum atomic E-state index is -3.56. The van der Waals surface area contributed by atoms with Crippen molar-refractivity contribution in [3.8, 4) is 0 Å². The SMILES string of the molecule is Cc1ccc(NC(=O)c2ccc(N)cc2)cc1S(=O)(=O)N1CCCCC1. The topological polar surface area (TPSA) is 92.5 Å². The van der Waals surface area contributed by atoms with E-state index in [9.17, 15) is 13.2 Å². The van der Waals surface area contributed by atoms with Gasteiger partial charge in [-0.25, -0.2) is 8.42 Å². The fourth-order valence-electron chi connectivity index (χ4n) is 3.04. The van der Waals surface area contributed by atoms with Crippen LogP contribution >= 0.6 is 0 Å². The van der Waals surface area contributed by atoms with E-state index in [0.717, 1.165) is 19.3 Å². The lowest BCUT2D eigenvalue weighted by Gasteiger charge is -2.26. The number of piperidine rings is 1. The van der Waals surface area contributed by atoms with Crippen LogP contribution in [-0.2, 0) is 10.0 Å². The second-order valence-electron chi connectivity index (χ2n) is 6.52. The van der Waals surface area contributed by atoms with E-state index in [0.29, 0.717) is 35.6 Å². The van der Waals surface area contributed by atoms with E-state index >= 15 is 0 Å². The van der Waals surface area contributed by atoms with Gasteiger partial charge in [-0.15, -0.1) is 0 Å². The van der Waals surface area contributed by atoms with Crippen LogP contribution in [0, 0.1) is 6.92 Å². The van der Waals surface area contributed by atoms with Crippen molar-refractivity contribution in [1.82, 2.24) is 4.31 Å². The van der Waals surface area contributed by atoms with Gasteiger partial charge < -0.3 is 11.1 Å². The van der Waals surface area contributed by atoms with Gasteiger partial charge in [0.05, 0.1) is 4.90 Å². The third-order valence-corrected chi connectivity index (χ3v) is 6.59. The molecule has 0 aliphatic carbocycles. The highest BCUT2D eigenvalue weighted by atomic mass is 32.2. The second-order valence-corrected chi connectivity index (χ2v) is 8.43. The molecule has 1 heterocycles. The van der Waals surface area contributed by atoms with E-state index in [2.05, 4.69) is 5.32 Å². The van der Waals surface area contributed by atoms with Crippen molar-refractivity contribution in [1.29, 1.82) is 0 Å². The molecule has 1 amide bonds. The van der Waals surface area contributed by atoms with E-state index in [1.165, 1.54) is 10.4 Å². The lowest BCUT2D eigenvalue weighted by atomic mass is 10.2. The van der Waals surface area contributed by atoms with Crippen LogP contribution in [0.4, 0.5) is 11.4 Å². The van der Waals surface area contributed by atoms with Gasteiger partial charge in [0, 0.05) is 30.0 Å². The Hall–Kier alpha value is -2.38. The number of amides is 1. The first kappa shape index (κ1) is 18.4. The monoisotopic (exact) mass is 373 g/mol. The summed E-state index contributed by atoms with van der Waals surface area (Å²) in [5.41, 5.74) is 7.79. The van der Waals surface area contributed by atoms with Crippen LogP contribution in [0.25, 0.3) is 0 Å². The highest BCUT2D eigenvalue weighted by Crippen LogP contribution is 2.26. The van der Waals surface area contributed by atoms with E-state index in [1.807, 2.05) is 0 Å². The van der Waals surface area contributed by atoms with Crippen LogP contribution in [-0.4, -0.2) is 31.7 Å². The Labute approximate surface area is 154 Å². The van der Waals surface area contributed by atoms with Crippen LogP contribution < -0.4 is 11.1 Å². The maximum absolute atomic E-state index is 13.0. The summed E-state index contributed by atoms with van der Waals surface area (Å²) in [7, 11) is -3.56. The van der Waals surface area contributed by atoms with Gasteiger partial charge >= 0.3 is 0 Å². The molecule has 0 saturated carbocycles. The summed E-state index contributed by atoms with van der Waals surface area (Å²) in [6.07, 6.45) is 2.82. The normalized spacial score (nSPS) is 15.6. The van der Waals surface area contributed by atoms with Crippen LogP contribution in [0.5, 0.6) is 0 Å². The molecule has 0 unspecified atom stereocenters. The average molecular weight is 373 g/mol. The average Bonchev–Trinajstić information content (AvgIpc) is 2.64. The molecule has 0 bridgehead atoms. The number of hydrogen-bond acceptors (Lipinski definition) is 4. The Morgan fingerprint density at radius 1 is 1.04 bits per heavy atom. The molecule has 0 spiro atoms. The van der Waals surface area contributed by atoms with Crippen molar-refractivity contribution >= 4 is 27.3 Å². The molecule has 7 heteroatoms. The van der Waals surface area contributed by atoms with E-state index in [-0.39, 0.29) is 10.8 Å². The maximum Gasteiger partial charge on any atom is 0.255 e. The van der Waals surface area contributed by atoms with Crippen LogP contribution in [0.1, 0.15) is 35.2 Å². The second kappa shape index (κ2) is 7.47. The van der Waals surface area contributed by atoms with Gasteiger partial charge in [-0.05, 0) is 61.7 Å². The lowest BCUT2D eigenvalue weighted by molar-refractivity contribution is 0.102. The molecule has 138 valence electrons. The van der Waals surface area contributed by atoms with Crippen molar-refractivity contribution < 1.29 is 13.2 Å². The summed E-state index contributed by atoms with van der Waals surface area (Å²) >= 11 is 0. The van der Waals surface area contributed by atoms with Crippen molar-refractivity contribution in [2.75, 3.05) is 24.1 Å². The van der Waals surface area contributed by atoms with Crippen molar-refractivity contribution in [2.24, 2.45) is 0 Å². The number of carbonyl (C=O) groups excluding carboxylic acids is 1. The largest absolute Gasteiger partial charge is 0.399 e. The number of benzene rings is 2. The number of aryl methyl sites for hydroxylation is 1. The third kappa shape index (κ3) is 3.89. The van der Waals surface area contributed by atoms with Crippen LogP contribution in [0.2, 0.25) is 0 Å². The molecule has 2 aromatic rings. The summed E-state index contributed by atoms with van der Waals surface area (Å²) in [5.74, 6) is -0.310. The number of nitrogens with two attached hydrogens (primary N) is 1. The minimum Gasteiger partial charge on any atom is -0.399 e. The maximum atomic E-state index is 13.0. The number of rotatable bonds is 4. The molecule has 6 nitrogen and oxygen atoms in total. The number of nitrogens with zero attached hydrogens (tertiary/aromatic N) is 1. The minimum absolute atomic E-state index is 0.245. The van der Waals surface area contributed by atoms with E-state index < -0.39 is 10.0 Å². The quantitative estimate of drug-likeness (QED) is 0.806. The van der Waals surface area contributed by atoms with Gasteiger partial charge in [0.15, 0.2) is 0 Å². The molecule has 3 rings (SSSR count). The van der Waals surface area contributed by atoms with E-state index in [1.54, 1.807) is 43.3 Å². The predicted molar refractivity (Wildman–Crippen MR) is 103 cm³/mol.